The summed E-state index contributed by atoms with van der Waals surface area (Å²) in [5, 5.41) is 0.741. The molecule has 9 nitrogen and oxygen atoms in total. The molecule has 1 amide bonds. The van der Waals surface area contributed by atoms with E-state index < -0.39 is 35.4 Å². The Morgan fingerprint density at radius 3 is 2.42 bits per heavy atom. The van der Waals surface area contributed by atoms with E-state index >= 15 is 4.39 Å². The van der Waals surface area contributed by atoms with Crippen LogP contribution in [-0.4, -0.2) is 113 Å². The smallest absolute Gasteiger partial charge is 0.410 e. The predicted octanol–water partition coefficient (Wildman–Crippen LogP) is 5.63. The van der Waals surface area contributed by atoms with Crippen molar-refractivity contribution in [2.45, 2.75) is 63.6 Å². The molecule has 0 unspecified atom stereocenters. The Morgan fingerprint density at radius 1 is 1.06 bits per heavy atom. The predicted molar refractivity (Wildman–Crippen MR) is 179 cm³/mol. The van der Waals surface area contributed by atoms with Crippen LogP contribution in [0.25, 0.3) is 22.0 Å². The Bertz CT molecular complexity index is 1760. The van der Waals surface area contributed by atoms with Gasteiger partial charge < -0.3 is 14.5 Å². The van der Waals surface area contributed by atoms with Gasteiger partial charge in [0.15, 0.2) is 0 Å². The second-order valence-corrected chi connectivity index (χ2v) is 15.0. The lowest BCUT2D eigenvalue weighted by atomic mass is 9.96. The fourth-order valence-electron chi connectivity index (χ4n) is 7.01. The number of ether oxygens (including phenoxy) is 1. The van der Waals surface area contributed by atoms with E-state index in [0.29, 0.717) is 75.0 Å². The van der Waals surface area contributed by atoms with Gasteiger partial charge in [-0.25, -0.2) is 27.2 Å². The summed E-state index contributed by atoms with van der Waals surface area (Å²) >= 11 is 1.54. The van der Waals surface area contributed by atoms with Crippen molar-refractivity contribution in [1.82, 2.24) is 24.3 Å². The van der Waals surface area contributed by atoms with Crippen molar-refractivity contribution in [3.63, 3.8) is 0 Å². The minimum Gasteiger partial charge on any atom is -0.444 e. The van der Waals surface area contributed by atoms with Crippen LogP contribution < -0.4 is 10.6 Å². The van der Waals surface area contributed by atoms with Crippen LogP contribution in [0.5, 0.6) is 0 Å². The fraction of sp³-hybridized carbons (Fsp3) is 0.559. The number of halogens is 4. The molecular weight excluding hydrogens is 648 g/mol. The first kappa shape index (κ1) is 34.5. The number of hydrogen-bond donors (Lipinski definition) is 0. The van der Waals surface area contributed by atoms with Gasteiger partial charge in [-0.1, -0.05) is 0 Å². The number of carbonyl (C=O) groups is 1. The van der Waals surface area contributed by atoms with E-state index in [1.807, 2.05) is 45.6 Å². The number of piperazine rings is 2. The van der Waals surface area contributed by atoms with Crippen molar-refractivity contribution in [3.05, 3.63) is 51.9 Å². The minimum atomic E-state index is -2.38. The lowest BCUT2D eigenvalue weighted by Crippen LogP contribution is -2.55. The minimum absolute atomic E-state index is 0.189. The lowest BCUT2D eigenvalue weighted by molar-refractivity contribution is 0.0218. The standard InChI is InChI=1S/C34H42F4N6O3S/c1-20-14-25-29-30(28(20)24-7-6-22(35)15-26(24)36)48-19-23(17-40-8-10-41(11-9-40)18-27(37)38)44(29)32(45)39-31(25)43-13-12-42(16-21(43)2)33(46)47-34(3,4)5/h6-7,14-15,21,23,27H,8-13,16-19H2,1-5H3/t21-,23-/m0/s1. The van der Waals surface area contributed by atoms with Gasteiger partial charge in [-0.2, -0.15) is 4.98 Å². The molecule has 0 saturated carbocycles. The van der Waals surface area contributed by atoms with E-state index in [1.165, 1.54) is 23.9 Å². The quantitative estimate of drug-likeness (QED) is 0.309. The molecule has 0 N–H and O–H groups in total. The van der Waals surface area contributed by atoms with Crippen LogP contribution in [0.2, 0.25) is 0 Å². The van der Waals surface area contributed by atoms with Crippen molar-refractivity contribution < 1.29 is 27.1 Å². The molecule has 2 atom stereocenters. The fourth-order valence-corrected chi connectivity index (χ4v) is 8.39. The second kappa shape index (κ2) is 13.5. The lowest BCUT2D eigenvalue weighted by Gasteiger charge is -2.42. The number of hydrogen-bond acceptors (Lipinski definition) is 8. The van der Waals surface area contributed by atoms with Crippen LogP contribution in [0.15, 0.2) is 34.0 Å². The number of alkyl halides is 2. The van der Waals surface area contributed by atoms with Crippen molar-refractivity contribution in [1.29, 1.82) is 0 Å². The van der Waals surface area contributed by atoms with E-state index in [0.717, 1.165) is 21.9 Å². The number of rotatable bonds is 6. The molecule has 48 heavy (non-hydrogen) atoms. The van der Waals surface area contributed by atoms with Gasteiger partial charge in [0.2, 0.25) is 0 Å². The van der Waals surface area contributed by atoms with Gasteiger partial charge in [-0.15, -0.1) is 11.8 Å². The Hall–Kier alpha value is -3.36. The van der Waals surface area contributed by atoms with Gasteiger partial charge in [0.05, 0.1) is 18.1 Å². The van der Waals surface area contributed by atoms with Crippen molar-refractivity contribution in [2.75, 3.05) is 69.6 Å². The first-order chi connectivity index (χ1) is 22.7. The highest BCUT2D eigenvalue weighted by molar-refractivity contribution is 7.99. The number of anilines is 1. The highest BCUT2D eigenvalue weighted by atomic mass is 32.2. The highest BCUT2D eigenvalue weighted by Gasteiger charge is 2.35. The monoisotopic (exact) mass is 690 g/mol. The Kier molecular flexibility index (Phi) is 9.71. The second-order valence-electron chi connectivity index (χ2n) is 13.9. The van der Waals surface area contributed by atoms with E-state index in [-0.39, 0.29) is 24.2 Å². The van der Waals surface area contributed by atoms with Gasteiger partial charge in [-0.3, -0.25) is 14.4 Å². The summed E-state index contributed by atoms with van der Waals surface area (Å²) in [6.45, 7) is 13.0. The topological polar surface area (TPSA) is 74.1 Å². The van der Waals surface area contributed by atoms with Gasteiger partial charge in [0.25, 0.3) is 6.43 Å². The number of nitrogens with zero attached hydrogens (tertiary/aromatic N) is 6. The SMILES string of the molecule is Cc1cc2c(N3CCN(C(=O)OC(C)(C)C)C[C@@H]3C)nc(=O)n3c2c(c1-c1ccc(F)cc1F)SC[C@@H]3CN1CCN(CC(F)F)CC1. The molecule has 3 aliphatic rings. The molecule has 6 rings (SSSR count). The third-order valence-electron chi connectivity index (χ3n) is 9.21. The van der Waals surface area contributed by atoms with Crippen molar-refractivity contribution in [3.8, 4) is 11.1 Å². The molecule has 0 aliphatic carbocycles. The molecule has 3 aromatic rings. The van der Waals surface area contributed by atoms with E-state index in [2.05, 4.69) is 9.88 Å². The van der Waals surface area contributed by atoms with Crippen LogP contribution in [0.4, 0.5) is 28.2 Å². The molecule has 14 heteroatoms. The third-order valence-corrected chi connectivity index (χ3v) is 10.4. The molecule has 3 aliphatic heterocycles. The average molecular weight is 691 g/mol. The summed E-state index contributed by atoms with van der Waals surface area (Å²) < 4.78 is 62.5. The van der Waals surface area contributed by atoms with E-state index in [4.69, 9.17) is 4.74 Å². The maximum atomic E-state index is 15.3. The summed E-state index contributed by atoms with van der Waals surface area (Å²) in [7, 11) is 0. The third kappa shape index (κ3) is 7.02. The van der Waals surface area contributed by atoms with Gasteiger partial charge in [0, 0.05) is 91.6 Å². The number of amides is 1. The first-order valence-electron chi connectivity index (χ1n) is 16.4. The molecule has 0 radical (unpaired) electrons. The summed E-state index contributed by atoms with van der Waals surface area (Å²) in [4.78, 5) is 40.0. The zero-order valence-corrected chi connectivity index (χ0v) is 28.8. The molecule has 4 heterocycles. The van der Waals surface area contributed by atoms with Crippen LogP contribution in [0, 0.1) is 18.6 Å². The normalized spacial score (nSPS) is 21.0. The molecule has 2 saturated heterocycles. The van der Waals surface area contributed by atoms with E-state index in [9.17, 15) is 22.8 Å². The largest absolute Gasteiger partial charge is 0.444 e. The molecular formula is C34H42F4N6O3S. The Balaban J connectivity index is 1.41. The molecule has 2 aromatic carbocycles. The number of aryl methyl sites for hydroxylation is 1. The molecule has 0 spiro atoms. The Labute approximate surface area is 281 Å². The maximum absolute atomic E-state index is 15.3. The Morgan fingerprint density at radius 2 is 1.77 bits per heavy atom. The van der Waals surface area contributed by atoms with Gasteiger partial charge in [0.1, 0.15) is 23.1 Å². The van der Waals surface area contributed by atoms with Crippen LogP contribution in [-0.2, 0) is 4.74 Å². The summed E-state index contributed by atoms with van der Waals surface area (Å²) in [6, 6.07) is 5.00. The zero-order valence-electron chi connectivity index (χ0n) is 27.9. The van der Waals surface area contributed by atoms with E-state index in [1.54, 1.807) is 14.4 Å². The van der Waals surface area contributed by atoms with Crippen molar-refractivity contribution in [2.24, 2.45) is 0 Å². The summed E-state index contributed by atoms with van der Waals surface area (Å²) in [6.07, 6.45) is -2.78. The summed E-state index contributed by atoms with van der Waals surface area (Å²) in [5.41, 5.74) is 1.21. The molecule has 2 fully saturated rings. The molecule has 0 bridgehead atoms. The highest BCUT2D eigenvalue weighted by Crippen LogP contribution is 2.46. The first-order valence-corrected chi connectivity index (χ1v) is 17.3. The number of aromatic nitrogens is 2. The van der Waals surface area contributed by atoms with Crippen molar-refractivity contribution >= 4 is 34.6 Å². The zero-order chi connectivity index (χ0) is 34.5. The molecule has 1 aromatic heterocycles. The average Bonchev–Trinajstić information content (AvgIpc) is 3.00. The van der Waals surface area contributed by atoms with Crippen LogP contribution in [0.3, 0.4) is 0 Å². The maximum Gasteiger partial charge on any atom is 0.410 e. The number of carbonyl (C=O) groups excluding carboxylic acids is 1. The van der Waals surface area contributed by atoms with Crippen LogP contribution in [0.1, 0.15) is 39.3 Å². The number of thioether (sulfide) groups is 1. The van der Waals surface area contributed by atoms with Gasteiger partial charge >= 0.3 is 11.8 Å². The van der Waals surface area contributed by atoms with Gasteiger partial charge in [-0.05, 0) is 58.4 Å². The molecule has 260 valence electrons. The summed E-state index contributed by atoms with van der Waals surface area (Å²) in [5.74, 6) is -0.342. The van der Waals surface area contributed by atoms with Crippen LogP contribution >= 0.6 is 11.8 Å². The number of benzene rings is 2.